The van der Waals surface area contributed by atoms with Crippen molar-refractivity contribution >= 4 is 37.6 Å². The lowest BCUT2D eigenvalue weighted by Crippen LogP contribution is -2.28. The van der Waals surface area contributed by atoms with Gasteiger partial charge in [-0.05, 0) is 11.8 Å². The van der Waals surface area contributed by atoms with Crippen molar-refractivity contribution in [2.45, 2.75) is 41.5 Å². The number of hydrogen-bond acceptors (Lipinski definition) is 9. The lowest BCUT2D eigenvalue weighted by atomic mass is 10.6. The molecule has 0 radical (unpaired) electrons. The number of hydroxylamine groups is 6. The van der Waals surface area contributed by atoms with Gasteiger partial charge in [-0.1, -0.05) is 53.8 Å². The second-order valence-electron chi connectivity index (χ2n) is 4.59. The molecule has 0 aliphatic heterocycles. The summed E-state index contributed by atoms with van der Waals surface area (Å²) in [6.07, 6.45) is 0. The van der Waals surface area contributed by atoms with Crippen molar-refractivity contribution in [1.29, 1.82) is 0 Å². The molecule has 0 fully saturated rings. The molecule has 0 N–H and O–H groups in total. The van der Waals surface area contributed by atoms with Crippen LogP contribution in [0.5, 0.6) is 0 Å². The number of rotatable bonds is 14. The molecular weight excluding hydrogens is 392 g/mol. The first-order valence-electron chi connectivity index (χ1n) is 8.17. The zero-order valence-corrected chi connectivity index (χ0v) is 18.9. The molecule has 0 aromatic rings. The molecule has 0 aliphatic carbocycles. The van der Waals surface area contributed by atoms with Gasteiger partial charge in [0.25, 0.3) is 5.69 Å². The van der Waals surface area contributed by atoms with Crippen molar-refractivity contribution in [3.05, 3.63) is 0 Å². The van der Waals surface area contributed by atoms with Crippen LogP contribution in [0.2, 0.25) is 0 Å². The Bertz CT molecular complexity index is 417. The van der Waals surface area contributed by atoms with Crippen LogP contribution in [0.25, 0.3) is 0 Å². The molecule has 24 heavy (non-hydrogen) atoms. The first-order valence-corrected chi connectivity index (χ1v) is 13.4. The van der Waals surface area contributed by atoms with E-state index in [1.165, 1.54) is 10.1 Å². The van der Waals surface area contributed by atoms with Crippen molar-refractivity contribution < 1.29 is 22.7 Å². The molecule has 0 amide bonds. The molecule has 8 nitrogen and oxygen atoms in total. The zero-order chi connectivity index (χ0) is 18.8. The molecule has 12 heteroatoms. The van der Waals surface area contributed by atoms with Gasteiger partial charge in [0.1, 0.15) is 0 Å². The predicted molar refractivity (Wildman–Crippen MR) is 104 cm³/mol. The highest BCUT2D eigenvalue weighted by Crippen LogP contribution is 2.68. The fourth-order valence-corrected chi connectivity index (χ4v) is 6.71. The monoisotopic (exact) mass is 423 g/mol. The van der Waals surface area contributed by atoms with E-state index in [1.54, 1.807) is 5.06 Å². The molecule has 0 heterocycles. The molecule has 0 aromatic heterocycles. The zero-order valence-electron chi connectivity index (χ0n) is 15.4. The van der Waals surface area contributed by atoms with E-state index >= 15 is 0 Å². The summed E-state index contributed by atoms with van der Waals surface area (Å²) in [5.41, 5.74) is -3.17. The Morgan fingerprint density at radius 3 is 1.33 bits per heavy atom. The summed E-state index contributed by atoms with van der Waals surface area (Å²) >= 11 is 9.53. The Morgan fingerprint density at radius 2 is 1.04 bits per heavy atom. The largest absolute Gasteiger partial charge is 0.514 e. The summed E-state index contributed by atoms with van der Waals surface area (Å²) in [5.74, 6) is 0. The minimum Gasteiger partial charge on any atom is -0.230 e. The van der Waals surface area contributed by atoms with E-state index in [-0.39, 0.29) is 0 Å². The second-order valence-corrected chi connectivity index (χ2v) is 11.4. The third-order valence-corrected chi connectivity index (χ3v) is 7.57. The third kappa shape index (κ3) is 9.59. The SMILES string of the molecule is CCN(CC)OP(=O)(ON(CC)CC)OP(=S)(S)ON(CC)CC. The highest BCUT2D eigenvalue weighted by molar-refractivity contribution is 8.60. The van der Waals surface area contributed by atoms with Gasteiger partial charge in [0.05, 0.1) is 0 Å². The van der Waals surface area contributed by atoms with Crippen LogP contribution in [0.3, 0.4) is 0 Å². The van der Waals surface area contributed by atoms with Gasteiger partial charge in [-0.15, -0.1) is 0 Å². The predicted octanol–water partition coefficient (Wildman–Crippen LogP) is 4.09. The van der Waals surface area contributed by atoms with Crippen LogP contribution < -0.4 is 0 Å². The van der Waals surface area contributed by atoms with Crippen molar-refractivity contribution in [1.82, 2.24) is 15.2 Å². The maximum Gasteiger partial charge on any atom is 0.514 e. The quantitative estimate of drug-likeness (QED) is 0.253. The molecule has 1 unspecified atom stereocenters. The molecule has 0 saturated heterocycles. The van der Waals surface area contributed by atoms with Crippen molar-refractivity contribution in [2.75, 3.05) is 39.3 Å². The summed E-state index contributed by atoms with van der Waals surface area (Å²) in [4.78, 5) is 0. The van der Waals surface area contributed by atoms with Crippen molar-refractivity contribution in [2.24, 2.45) is 0 Å². The average molecular weight is 423 g/mol. The Labute approximate surface area is 156 Å². The molecule has 0 spiro atoms. The van der Waals surface area contributed by atoms with Crippen molar-refractivity contribution in [3.63, 3.8) is 0 Å². The summed E-state index contributed by atoms with van der Waals surface area (Å²) in [6.45, 7) is 14.5. The molecule has 146 valence electrons. The normalized spacial score (nSPS) is 15.4. The van der Waals surface area contributed by atoms with Crippen LogP contribution in [0.4, 0.5) is 0 Å². The average Bonchev–Trinajstić information content (AvgIpc) is 2.54. The Hall–Kier alpha value is 0.950. The lowest BCUT2D eigenvalue weighted by molar-refractivity contribution is -0.133. The van der Waals surface area contributed by atoms with Gasteiger partial charge in [0.2, 0.25) is 0 Å². The maximum atomic E-state index is 13.1. The number of nitrogens with zero attached hydrogens (tertiary/aromatic N) is 3. The van der Waals surface area contributed by atoms with E-state index in [9.17, 15) is 4.57 Å². The standard InChI is InChI=1S/C12H31N3O5P2S2/c1-7-13(8-2)17-21(16,18-14(9-3)10-4)20-22(23,24)19-15(11-5)12-6/h7-12H2,1-6H3,(H,23,24). The fraction of sp³-hybridized carbons (Fsp3) is 1.00. The van der Waals surface area contributed by atoms with Gasteiger partial charge < -0.3 is 0 Å². The Morgan fingerprint density at radius 1 is 0.750 bits per heavy atom. The fourth-order valence-electron chi connectivity index (χ4n) is 1.63. The van der Waals surface area contributed by atoms with Gasteiger partial charge >= 0.3 is 7.82 Å². The van der Waals surface area contributed by atoms with Gasteiger partial charge in [0.15, 0.2) is 0 Å². The summed E-state index contributed by atoms with van der Waals surface area (Å²) in [5, 5.41) is 4.54. The highest BCUT2D eigenvalue weighted by atomic mass is 32.9. The molecule has 0 rings (SSSR count). The molecule has 0 aromatic carbocycles. The second kappa shape index (κ2) is 12.4. The topological polar surface area (TPSA) is 63.7 Å². The van der Waals surface area contributed by atoms with Crippen LogP contribution in [0.1, 0.15) is 41.5 Å². The van der Waals surface area contributed by atoms with Crippen LogP contribution in [-0.2, 0) is 34.6 Å². The third-order valence-electron chi connectivity index (χ3n) is 2.97. The summed E-state index contributed by atoms with van der Waals surface area (Å²) in [7, 11) is -4.03. The van der Waals surface area contributed by atoms with E-state index in [4.69, 9.17) is 30.0 Å². The van der Waals surface area contributed by atoms with Crippen LogP contribution in [-0.4, -0.2) is 54.5 Å². The maximum absolute atomic E-state index is 13.1. The Balaban J connectivity index is 5.30. The smallest absolute Gasteiger partial charge is 0.230 e. The molecular formula is C12H31N3O5P2S2. The van der Waals surface area contributed by atoms with Gasteiger partial charge in [-0.3, -0.25) is 0 Å². The Kier molecular flexibility index (Phi) is 12.8. The minimum atomic E-state index is -4.03. The number of hydrogen-bond donors (Lipinski definition) is 1. The van der Waals surface area contributed by atoms with Gasteiger partial charge in [0, 0.05) is 39.3 Å². The highest BCUT2D eigenvalue weighted by Gasteiger charge is 2.39. The van der Waals surface area contributed by atoms with E-state index in [2.05, 4.69) is 12.2 Å². The first-order chi connectivity index (χ1) is 11.2. The molecule has 0 bridgehead atoms. The summed E-state index contributed by atoms with van der Waals surface area (Å²) < 4.78 is 35.1. The minimum absolute atomic E-state index is 0.512. The van der Waals surface area contributed by atoms with E-state index in [1.807, 2.05) is 41.5 Å². The van der Waals surface area contributed by atoms with Crippen LogP contribution >= 0.6 is 25.8 Å². The van der Waals surface area contributed by atoms with E-state index < -0.39 is 13.5 Å². The molecule has 1 atom stereocenters. The summed E-state index contributed by atoms with van der Waals surface area (Å²) in [6, 6.07) is 0. The number of phosphoric acid groups is 1. The van der Waals surface area contributed by atoms with E-state index in [0.717, 1.165) is 0 Å². The number of thiol groups is 1. The van der Waals surface area contributed by atoms with E-state index in [0.29, 0.717) is 39.3 Å². The lowest BCUT2D eigenvalue weighted by Gasteiger charge is -2.31. The van der Waals surface area contributed by atoms with Gasteiger partial charge in [-0.2, -0.15) is 24.4 Å². The molecule has 0 aliphatic rings. The first kappa shape index (κ1) is 24.9. The van der Waals surface area contributed by atoms with Crippen LogP contribution in [0.15, 0.2) is 0 Å². The van der Waals surface area contributed by atoms with Gasteiger partial charge in [-0.25, -0.2) is 13.5 Å². The molecule has 0 saturated carbocycles. The van der Waals surface area contributed by atoms with Crippen LogP contribution in [0, 0.1) is 0 Å². The van der Waals surface area contributed by atoms with Crippen molar-refractivity contribution in [3.8, 4) is 0 Å².